The lowest BCUT2D eigenvalue weighted by atomic mass is 9.98. The van der Waals surface area contributed by atoms with Gasteiger partial charge in [0.1, 0.15) is 0 Å². The smallest absolute Gasteiger partial charge is 0.0325 e. The molecule has 2 rings (SSSR count). The first-order valence-corrected chi connectivity index (χ1v) is 7.90. The second kappa shape index (κ2) is 6.32. The maximum atomic E-state index is 3.59. The fourth-order valence-corrected chi connectivity index (χ4v) is 4.11. The van der Waals surface area contributed by atoms with Gasteiger partial charge in [0.25, 0.3) is 0 Å². The molecule has 0 spiro atoms. The molecule has 1 saturated heterocycles. The molecule has 2 nitrogen and oxygen atoms in total. The summed E-state index contributed by atoms with van der Waals surface area (Å²) in [7, 11) is 2.24. The van der Waals surface area contributed by atoms with E-state index in [-0.39, 0.29) is 0 Å². The Bertz CT molecular complexity index is 339. The van der Waals surface area contributed by atoms with Crippen LogP contribution in [0.2, 0.25) is 0 Å². The van der Waals surface area contributed by atoms with Crippen molar-refractivity contribution in [3.8, 4) is 0 Å². The average Bonchev–Trinajstić information content (AvgIpc) is 2.59. The van der Waals surface area contributed by atoms with Crippen molar-refractivity contribution in [2.24, 2.45) is 5.92 Å². The summed E-state index contributed by atoms with van der Waals surface area (Å²) in [5.41, 5.74) is 0. The van der Waals surface area contributed by atoms with Crippen molar-refractivity contribution < 1.29 is 0 Å². The van der Waals surface area contributed by atoms with Crippen LogP contribution in [0.3, 0.4) is 0 Å². The van der Waals surface area contributed by atoms with Gasteiger partial charge in [-0.15, -0.1) is 11.3 Å². The van der Waals surface area contributed by atoms with Gasteiger partial charge < -0.3 is 10.2 Å². The van der Waals surface area contributed by atoms with Crippen molar-refractivity contribution in [1.29, 1.82) is 0 Å². The Hall–Kier alpha value is 0.100. The number of nitrogens with zero attached hydrogens (tertiary/aromatic N) is 1. The van der Waals surface area contributed by atoms with E-state index in [1.165, 1.54) is 46.7 Å². The van der Waals surface area contributed by atoms with E-state index in [9.17, 15) is 0 Å². The van der Waals surface area contributed by atoms with Gasteiger partial charge in [-0.1, -0.05) is 0 Å². The molecule has 0 unspecified atom stereocenters. The third kappa shape index (κ3) is 4.05. The van der Waals surface area contributed by atoms with Crippen molar-refractivity contribution in [3.05, 3.63) is 20.3 Å². The van der Waals surface area contributed by atoms with E-state index < -0.39 is 0 Å². The van der Waals surface area contributed by atoms with Crippen molar-refractivity contribution in [2.45, 2.75) is 26.3 Å². The second-order valence-electron chi connectivity index (χ2n) is 5.01. The molecular weight excluding hydrogens is 296 g/mol. The van der Waals surface area contributed by atoms with Gasteiger partial charge in [0.05, 0.1) is 0 Å². The van der Waals surface area contributed by atoms with Crippen LogP contribution in [0.5, 0.6) is 0 Å². The van der Waals surface area contributed by atoms with Crippen LogP contribution in [0, 0.1) is 12.8 Å². The van der Waals surface area contributed by atoms with Crippen LogP contribution >= 0.6 is 27.3 Å². The Morgan fingerprint density at radius 1 is 1.47 bits per heavy atom. The number of thiophene rings is 1. The van der Waals surface area contributed by atoms with Crippen LogP contribution in [0.1, 0.15) is 22.6 Å². The summed E-state index contributed by atoms with van der Waals surface area (Å²) in [6.45, 7) is 6.88. The third-order valence-corrected chi connectivity index (χ3v) is 5.48. The molecule has 4 heteroatoms. The Kier molecular flexibility index (Phi) is 5.03. The molecule has 96 valence electrons. The molecule has 0 saturated carbocycles. The van der Waals surface area contributed by atoms with E-state index in [0.29, 0.717) is 0 Å². The first-order chi connectivity index (χ1) is 8.15. The molecule has 2 heterocycles. The quantitative estimate of drug-likeness (QED) is 0.917. The van der Waals surface area contributed by atoms with Gasteiger partial charge in [0.2, 0.25) is 0 Å². The first-order valence-electron chi connectivity index (χ1n) is 6.29. The molecule has 0 aromatic carbocycles. The van der Waals surface area contributed by atoms with Gasteiger partial charge in [-0.2, -0.15) is 0 Å². The van der Waals surface area contributed by atoms with Crippen LogP contribution in [-0.2, 0) is 6.54 Å². The van der Waals surface area contributed by atoms with E-state index in [2.05, 4.69) is 46.2 Å². The molecule has 0 radical (unpaired) electrons. The lowest BCUT2D eigenvalue weighted by molar-refractivity contribution is 0.236. The molecule has 0 aliphatic carbocycles. The predicted molar refractivity (Wildman–Crippen MR) is 78.7 cm³/mol. The van der Waals surface area contributed by atoms with Crippen molar-refractivity contribution >= 4 is 27.3 Å². The highest BCUT2D eigenvalue weighted by Crippen LogP contribution is 2.27. The highest BCUT2D eigenvalue weighted by molar-refractivity contribution is 9.10. The van der Waals surface area contributed by atoms with E-state index in [4.69, 9.17) is 0 Å². The largest absolute Gasteiger partial charge is 0.317 e. The number of hydrogen-bond donors (Lipinski definition) is 1. The topological polar surface area (TPSA) is 15.3 Å². The van der Waals surface area contributed by atoms with E-state index >= 15 is 0 Å². The van der Waals surface area contributed by atoms with Crippen LogP contribution in [0.15, 0.2) is 10.5 Å². The summed E-state index contributed by atoms with van der Waals surface area (Å²) >= 11 is 5.49. The number of nitrogens with one attached hydrogen (secondary N) is 1. The minimum absolute atomic E-state index is 0.880. The summed E-state index contributed by atoms with van der Waals surface area (Å²) in [5.74, 6) is 0.880. The molecule has 1 aromatic heterocycles. The van der Waals surface area contributed by atoms with E-state index in [1.54, 1.807) is 0 Å². The molecule has 1 N–H and O–H groups in total. The first kappa shape index (κ1) is 13.5. The van der Waals surface area contributed by atoms with Crippen LogP contribution in [0.4, 0.5) is 0 Å². The Morgan fingerprint density at radius 3 is 2.76 bits per heavy atom. The summed E-state index contributed by atoms with van der Waals surface area (Å²) in [5, 5.41) is 3.43. The number of halogens is 1. The molecule has 1 aliphatic heterocycles. The zero-order valence-electron chi connectivity index (χ0n) is 10.6. The van der Waals surface area contributed by atoms with Gasteiger partial charge in [0, 0.05) is 27.3 Å². The van der Waals surface area contributed by atoms with Crippen molar-refractivity contribution in [2.75, 3.05) is 26.7 Å². The summed E-state index contributed by atoms with van der Waals surface area (Å²) in [6.07, 6.45) is 2.66. The van der Waals surface area contributed by atoms with Gasteiger partial charge in [0.15, 0.2) is 0 Å². The minimum Gasteiger partial charge on any atom is -0.317 e. The molecule has 1 aromatic rings. The number of aryl methyl sites for hydroxylation is 1. The zero-order valence-corrected chi connectivity index (χ0v) is 13.0. The lowest BCUT2D eigenvalue weighted by Crippen LogP contribution is -2.34. The Morgan fingerprint density at radius 2 is 2.18 bits per heavy atom. The molecule has 1 fully saturated rings. The minimum atomic E-state index is 0.880. The second-order valence-corrected chi connectivity index (χ2v) is 7.20. The summed E-state index contributed by atoms with van der Waals surface area (Å²) < 4.78 is 1.26. The highest BCUT2D eigenvalue weighted by Gasteiger charge is 2.15. The lowest BCUT2D eigenvalue weighted by Gasteiger charge is -2.27. The van der Waals surface area contributed by atoms with Crippen LogP contribution in [0.25, 0.3) is 0 Å². The standard InChI is InChI=1S/C13H21BrN2S/c1-10-13(14)7-12(17-10)9-16(2)8-11-3-5-15-6-4-11/h7,11,15H,3-6,8-9H2,1-2H3. The van der Waals surface area contributed by atoms with Crippen molar-refractivity contribution in [3.63, 3.8) is 0 Å². The monoisotopic (exact) mass is 316 g/mol. The summed E-state index contributed by atoms with van der Waals surface area (Å²) in [4.78, 5) is 5.31. The fraction of sp³-hybridized carbons (Fsp3) is 0.692. The molecular formula is C13H21BrN2S. The zero-order chi connectivity index (χ0) is 12.3. The number of rotatable bonds is 4. The molecule has 0 bridgehead atoms. The molecule has 0 atom stereocenters. The van der Waals surface area contributed by atoms with E-state index in [1.807, 2.05) is 11.3 Å². The number of hydrogen-bond acceptors (Lipinski definition) is 3. The van der Waals surface area contributed by atoms with E-state index in [0.717, 1.165) is 12.5 Å². The van der Waals surface area contributed by atoms with Gasteiger partial charge >= 0.3 is 0 Å². The van der Waals surface area contributed by atoms with Crippen LogP contribution in [-0.4, -0.2) is 31.6 Å². The predicted octanol–water partition coefficient (Wildman–Crippen LogP) is 3.25. The van der Waals surface area contributed by atoms with Gasteiger partial charge in [-0.3, -0.25) is 0 Å². The van der Waals surface area contributed by atoms with Crippen LogP contribution < -0.4 is 5.32 Å². The average molecular weight is 317 g/mol. The summed E-state index contributed by atoms with van der Waals surface area (Å²) in [6, 6.07) is 2.26. The maximum absolute atomic E-state index is 3.59. The molecule has 0 amide bonds. The Labute approximate surface area is 117 Å². The van der Waals surface area contributed by atoms with Gasteiger partial charge in [-0.25, -0.2) is 0 Å². The van der Waals surface area contributed by atoms with Crippen molar-refractivity contribution in [1.82, 2.24) is 10.2 Å². The highest BCUT2D eigenvalue weighted by atomic mass is 79.9. The molecule has 17 heavy (non-hydrogen) atoms. The fourth-order valence-electron chi connectivity index (χ4n) is 2.43. The normalized spacial score (nSPS) is 17.9. The SMILES string of the molecule is Cc1sc(CN(C)CC2CCNCC2)cc1Br. The number of piperidine rings is 1. The maximum Gasteiger partial charge on any atom is 0.0325 e. The van der Waals surface area contributed by atoms with Gasteiger partial charge in [-0.05, 0) is 67.8 Å². The Balaban J connectivity index is 1.81. The third-order valence-electron chi connectivity index (χ3n) is 3.36. The molecule has 1 aliphatic rings.